The van der Waals surface area contributed by atoms with E-state index in [1.165, 1.54) is 41.5 Å². The first-order valence-corrected chi connectivity index (χ1v) is 9.66. The van der Waals surface area contributed by atoms with Crippen molar-refractivity contribution in [3.05, 3.63) is 40.0 Å². The van der Waals surface area contributed by atoms with Crippen LogP contribution in [0.4, 0.5) is 5.82 Å². The maximum Gasteiger partial charge on any atom is 0.225 e. The molecule has 1 fully saturated rings. The lowest BCUT2D eigenvalue weighted by atomic mass is 10.0. The van der Waals surface area contributed by atoms with Crippen molar-refractivity contribution in [2.75, 3.05) is 18.0 Å². The summed E-state index contributed by atoms with van der Waals surface area (Å²) in [6.45, 7) is 6.40. The van der Waals surface area contributed by atoms with E-state index in [1.54, 1.807) is 11.3 Å². The van der Waals surface area contributed by atoms with E-state index in [0.29, 0.717) is 5.28 Å². The number of hydrogen-bond acceptors (Lipinski definition) is 4. The Bertz CT molecular complexity index is 897. The topological polar surface area (TPSA) is 29.0 Å². The molecule has 0 radical (unpaired) electrons. The smallest absolute Gasteiger partial charge is 0.225 e. The van der Waals surface area contributed by atoms with Crippen LogP contribution in [0.3, 0.4) is 0 Å². The summed E-state index contributed by atoms with van der Waals surface area (Å²) in [6.07, 6.45) is 3.73. The second-order valence-electron chi connectivity index (χ2n) is 6.49. The molecule has 3 nitrogen and oxygen atoms in total. The number of aryl methyl sites for hydroxylation is 2. The molecule has 4 rings (SSSR count). The van der Waals surface area contributed by atoms with E-state index in [9.17, 15) is 0 Å². The van der Waals surface area contributed by atoms with Crippen molar-refractivity contribution in [3.8, 4) is 11.1 Å². The number of rotatable bonds is 2. The number of hydrogen-bond donors (Lipinski definition) is 0. The minimum absolute atomic E-state index is 0.344. The minimum Gasteiger partial charge on any atom is -0.356 e. The van der Waals surface area contributed by atoms with Gasteiger partial charge in [-0.15, -0.1) is 11.3 Å². The molecular formula is C19H20ClN3S. The largest absolute Gasteiger partial charge is 0.356 e. The van der Waals surface area contributed by atoms with Crippen molar-refractivity contribution in [1.29, 1.82) is 0 Å². The van der Waals surface area contributed by atoms with Crippen LogP contribution >= 0.6 is 22.9 Å². The first kappa shape index (κ1) is 15.9. The van der Waals surface area contributed by atoms with Gasteiger partial charge in [0.2, 0.25) is 5.28 Å². The van der Waals surface area contributed by atoms with Crippen LogP contribution in [0.15, 0.2) is 23.6 Å². The van der Waals surface area contributed by atoms with Crippen molar-refractivity contribution in [2.24, 2.45) is 0 Å². The summed E-state index contributed by atoms with van der Waals surface area (Å²) in [6, 6.07) is 6.63. The second-order valence-corrected chi connectivity index (χ2v) is 7.69. The molecule has 124 valence electrons. The van der Waals surface area contributed by atoms with Crippen LogP contribution in [0.1, 0.15) is 30.4 Å². The van der Waals surface area contributed by atoms with Gasteiger partial charge in [0.15, 0.2) is 0 Å². The zero-order chi connectivity index (χ0) is 16.7. The summed E-state index contributed by atoms with van der Waals surface area (Å²) >= 11 is 7.85. The van der Waals surface area contributed by atoms with Gasteiger partial charge in [0.1, 0.15) is 10.6 Å². The van der Waals surface area contributed by atoms with E-state index >= 15 is 0 Å². The molecule has 1 aliphatic rings. The molecule has 0 saturated carbocycles. The van der Waals surface area contributed by atoms with Gasteiger partial charge in [-0.1, -0.05) is 18.2 Å². The SMILES string of the molecule is Cc1ccc(-c2csc3nc(Cl)nc(N4CCCCC4)c23)cc1C. The molecule has 2 aromatic heterocycles. The molecule has 0 bridgehead atoms. The lowest BCUT2D eigenvalue weighted by Gasteiger charge is -2.28. The Kier molecular flexibility index (Phi) is 4.19. The number of halogens is 1. The summed E-state index contributed by atoms with van der Waals surface area (Å²) in [5.74, 6) is 0.999. The number of nitrogens with zero attached hydrogens (tertiary/aromatic N) is 3. The fourth-order valence-corrected chi connectivity index (χ4v) is 4.51. The molecule has 3 heterocycles. The number of thiophene rings is 1. The van der Waals surface area contributed by atoms with Crippen LogP contribution < -0.4 is 4.90 Å². The number of benzene rings is 1. The van der Waals surface area contributed by atoms with E-state index in [1.807, 2.05) is 0 Å². The molecule has 1 aromatic carbocycles. The van der Waals surface area contributed by atoms with E-state index in [0.717, 1.165) is 29.1 Å². The molecule has 0 amide bonds. The van der Waals surface area contributed by atoms with E-state index in [-0.39, 0.29) is 0 Å². The summed E-state index contributed by atoms with van der Waals surface area (Å²) in [4.78, 5) is 12.4. The number of fused-ring (bicyclic) bond motifs is 1. The average molecular weight is 358 g/mol. The van der Waals surface area contributed by atoms with E-state index in [2.05, 4.69) is 52.3 Å². The Morgan fingerprint density at radius 2 is 1.83 bits per heavy atom. The van der Waals surface area contributed by atoms with Gasteiger partial charge >= 0.3 is 0 Å². The summed E-state index contributed by atoms with van der Waals surface area (Å²) < 4.78 is 0. The maximum atomic E-state index is 6.20. The van der Waals surface area contributed by atoms with Crippen molar-refractivity contribution < 1.29 is 0 Å². The van der Waals surface area contributed by atoms with Crippen molar-refractivity contribution in [2.45, 2.75) is 33.1 Å². The zero-order valence-corrected chi connectivity index (χ0v) is 15.5. The van der Waals surface area contributed by atoms with Crippen molar-refractivity contribution in [3.63, 3.8) is 0 Å². The Morgan fingerprint density at radius 1 is 1.04 bits per heavy atom. The normalized spacial score (nSPS) is 15.2. The summed E-state index contributed by atoms with van der Waals surface area (Å²) in [5.41, 5.74) is 5.07. The lowest BCUT2D eigenvalue weighted by Crippen LogP contribution is -2.30. The minimum atomic E-state index is 0.344. The fourth-order valence-electron chi connectivity index (χ4n) is 3.35. The molecular weight excluding hydrogens is 338 g/mol. The first-order valence-electron chi connectivity index (χ1n) is 8.41. The highest BCUT2D eigenvalue weighted by Gasteiger charge is 2.21. The van der Waals surface area contributed by atoms with Gasteiger partial charge in [-0.3, -0.25) is 0 Å². The van der Waals surface area contributed by atoms with Crippen molar-refractivity contribution >= 4 is 39.0 Å². The highest BCUT2D eigenvalue weighted by atomic mass is 35.5. The summed E-state index contributed by atoms with van der Waals surface area (Å²) in [7, 11) is 0. The van der Waals surface area contributed by atoms with Crippen LogP contribution in [0, 0.1) is 13.8 Å². The molecule has 0 unspecified atom stereocenters. The van der Waals surface area contributed by atoms with Crippen LogP contribution in [0.2, 0.25) is 5.28 Å². The summed E-state index contributed by atoms with van der Waals surface area (Å²) in [5, 5.41) is 3.68. The van der Waals surface area contributed by atoms with Crippen LogP contribution in [-0.2, 0) is 0 Å². The fraction of sp³-hybridized carbons (Fsp3) is 0.368. The van der Waals surface area contributed by atoms with E-state index in [4.69, 9.17) is 11.6 Å². The Balaban J connectivity index is 1.91. The monoisotopic (exact) mass is 357 g/mol. The third-order valence-electron chi connectivity index (χ3n) is 4.86. The standard InChI is InChI=1S/C19H20ClN3S/c1-12-6-7-14(10-13(12)2)15-11-24-18-16(15)17(21-19(20)22-18)23-8-4-3-5-9-23/h6-7,10-11H,3-5,8-9H2,1-2H3. The third kappa shape index (κ3) is 2.78. The van der Waals surface area contributed by atoms with Gasteiger partial charge in [0, 0.05) is 24.0 Å². The Morgan fingerprint density at radius 3 is 2.58 bits per heavy atom. The van der Waals surface area contributed by atoms with Gasteiger partial charge in [-0.2, -0.15) is 4.98 Å². The highest BCUT2D eigenvalue weighted by Crippen LogP contribution is 2.40. The predicted octanol–water partition coefficient (Wildman–Crippen LogP) is 5.62. The third-order valence-corrected chi connectivity index (χ3v) is 5.90. The van der Waals surface area contributed by atoms with Crippen LogP contribution in [0.5, 0.6) is 0 Å². The average Bonchev–Trinajstić information content (AvgIpc) is 3.01. The Hall–Kier alpha value is -1.65. The second kappa shape index (κ2) is 6.34. The molecule has 0 aliphatic carbocycles. The number of aromatic nitrogens is 2. The van der Waals surface area contributed by atoms with Crippen molar-refractivity contribution in [1.82, 2.24) is 9.97 Å². The predicted molar refractivity (Wildman–Crippen MR) is 103 cm³/mol. The molecule has 0 N–H and O–H groups in total. The van der Waals surface area contributed by atoms with E-state index < -0.39 is 0 Å². The molecule has 3 aromatic rings. The molecule has 0 spiro atoms. The van der Waals surface area contributed by atoms with Crippen LogP contribution in [0.25, 0.3) is 21.3 Å². The molecule has 1 aliphatic heterocycles. The number of anilines is 1. The first-order chi connectivity index (χ1) is 11.6. The van der Waals surface area contributed by atoms with Crippen LogP contribution in [-0.4, -0.2) is 23.1 Å². The van der Waals surface area contributed by atoms with Gasteiger partial charge in [-0.25, -0.2) is 4.98 Å². The van der Waals surface area contributed by atoms with Gasteiger partial charge < -0.3 is 4.90 Å². The highest BCUT2D eigenvalue weighted by molar-refractivity contribution is 7.17. The van der Waals surface area contributed by atoms with Gasteiger partial charge in [0.05, 0.1) is 5.39 Å². The molecule has 1 saturated heterocycles. The molecule has 5 heteroatoms. The Labute approximate surface area is 151 Å². The van der Waals surface area contributed by atoms with Gasteiger partial charge in [-0.05, 0) is 61.4 Å². The number of piperidine rings is 1. The zero-order valence-electron chi connectivity index (χ0n) is 14.0. The van der Waals surface area contributed by atoms with Gasteiger partial charge in [0.25, 0.3) is 0 Å². The maximum absolute atomic E-state index is 6.20. The molecule has 24 heavy (non-hydrogen) atoms. The lowest BCUT2D eigenvalue weighted by molar-refractivity contribution is 0.574. The molecule has 0 atom stereocenters. The quantitative estimate of drug-likeness (QED) is 0.557.